The van der Waals surface area contributed by atoms with Crippen LogP contribution < -0.4 is 5.32 Å². The molecule has 3 heterocycles. The molecular weight excluding hydrogens is 300 g/mol. The van der Waals surface area contributed by atoms with Gasteiger partial charge in [-0.3, -0.25) is 19.3 Å². The van der Waals surface area contributed by atoms with E-state index >= 15 is 0 Å². The molecule has 2 unspecified atom stereocenters. The minimum atomic E-state index is -0.939. The first-order valence-electron chi connectivity index (χ1n) is 7.84. The Morgan fingerprint density at radius 2 is 1.83 bits per heavy atom. The lowest BCUT2D eigenvalue weighted by atomic mass is 10.1. The van der Waals surface area contributed by atoms with Crippen LogP contribution in [0.2, 0.25) is 0 Å². The Bertz CT molecular complexity index is 562. The van der Waals surface area contributed by atoms with Crippen LogP contribution in [0.1, 0.15) is 19.3 Å². The molecule has 1 N–H and O–H groups in total. The molecule has 3 rings (SSSR count). The zero-order chi connectivity index (χ0) is 16.6. The number of imide groups is 2. The summed E-state index contributed by atoms with van der Waals surface area (Å²) in [7, 11) is 0. The van der Waals surface area contributed by atoms with E-state index in [0.717, 1.165) is 42.2 Å². The van der Waals surface area contributed by atoms with Gasteiger partial charge in [-0.2, -0.15) is 0 Å². The molecule has 0 aromatic carbocycles. The summed E-state index contributed by atoms with van der Waals surface area (Å²) in [5, 5.41) is 3.29. The van der Waals surface area contributed by atoms with Crippen molar-refractivity contribution in [2.24, 2.45) is 0 Å². The number of amides is 5. The van der Waals surface area contributed by atoms with Crippen LogP contribution in [0.3, 0.4) is 0 Å². The largest absolute Gasteiger partial charge is 0.335 e. The van der Waals surface area contributed by atoms with Crippen molar-refractivity contribution in [2.45, 2.75) is 31.3 Å². The lowest BCUT2D eigenvalue weighted by molar-refractivity contribution is -0.145. The monoisotopic (exact) mass is 320 g/mol. The Hall–Kier alpha value is -2.22. The van der Waals surface area contributed by atoms with Gasteiger partial charge < -0.3 is 10.2 Å². The molecule has 0 radical (unpaired) electrons. The topological polar surface area (TPSA) is 90.0 Å². The Labute approximate surface area is 134 Å². The summed E-state index contributed by atoms with van der Waals surface area (Å²) in [6.45, 7) is 4.64. The normalized spacial score (nSPS) is 27.7. The van der Waals surface area contributed by atoms with Gasteiger partial charge in [0.15, 0.2) is 0 Å². The van der Waals surface area contributed by atoms with E-state index in [1.807, 2.05) is 0 Å². The highest BCUT2D eigenvalue weighted by atomic mass is 16.2. The molecule has 23 heavy (non-hydrogen) atoms. The maximum Gasteiger partial charge on any atom is 0.335 e. The molecule has 3 aliphatic rings. The summed E-state index contributed by atoms with van der Waals surface area (Å²) in [4.78, 5) is 51.9. The van der Waals surface area contributed by atoms with Gasteiger partial charge >= 0.3 is 17.8 Å². The minimum Gasteiger partial charge on any atom is -0.334 e. The molecule has 8 heteroatoms. The SMILES string of the molecule is C=CCN1C(=O)C(=O)N(CC(=O)N2C3CCNCC2CC3)C1=O. The second kappa shape index (κ2) is 6.11. The smallest absolute Gasteiger partial charge is 0.334 e. The molecule has 0 aromatic rings. The van der Waals surface area contributed by atoms with Crippen molar-refractivity contribution in [3.63, 3.8) is 0 Å². The maximum absolute atomic E-state index is 12.6. The Balaban J connectivity index is 1.72. The number of hydrogen-bond acceptors (Lipinski definition) is 5. The summed E-state index contributed by atoms with van der Waals surface area (Å²) in [6.07, 6.45) is 4.11. The average Bonchev–Trinajstić information content (AvgIpc) is 2.90. The van der Waals surface area contributed by atoms with Crippen LogP contribution in [-0.2, 0) is 14.4 Å². The molecule has 2 atom stereocenters. The van der Waals surface area contributed by atoms with Crippen LogP contribution in [0.25, 0.3) is 0 Å². The molecule has 8 nitrogen and oxygen atoms in total. The molecular formula is C15H20N4O4. The first-order chi connectivity index (χ1) is 11.0. The number of nitrogens with one attached hydrogen (secondary N) is 1. The minimum absolute atomic E-state index is 0.0347. The maximum atomic E-state index is 12.6. The average molecular weight is 320 g/mol. The summed E-state index contributed by atoms with van der Waals surface area (Å²) in [5.74, 6) is -2.11. The number of rotatable bonds is 4. The lowest BCUT2D eigenvalue weighted by Crippen LogP contribution is -2.48. The Morgan fingerprint density at radius 1 is 1.13 bits per heavy atom. The van der Waals surface area contributed by atoms with Crippen molar-refractivity contribution >= 4 is 23.8 Å². The standard InChI is InChI=1S/C15H20N4O4/c1-2-7-17-13(21)14(22)18(15(17)23)9-12(20)19-10-3-4-11(19)8-16-6-5-10/h2,10-11,16H,1,3-9H2. The van der Waals surface area contributed by atoms with Crippen LogP contribution in [0.15, 0.2) is 12.7 Å². The predicted molar refractivity (Wildman–Crippen MR) is 80.2 cm³/mol. The molecule has 2 bridgehead atoms. The van der Waals surface area contributed by atoms with Crippen LogP contribution in [0.4, 0.5) is 4.79 Å². The quantitative estimate of drug-likeness (QED) is 0.421. The first-order valence-corrected chi connectivity index (χ1v) is 7.84. The number of fused-ring (bicyclic) bond motifs is 2. The molecule has 3 saturated heterocycles. The van der Waals surface area contributed by atoms with Crippen molar-refractivity contribution in [1.29, 1.82) is 0 Å². The molecule has 0 aromatic heterocycles. The van der Waals surface area contributed by atoms with Gasteiger partial charge in [-0.15, -0.1) is 6.58 Å². The molecule has 0 spiro atoms. The molecule has 5 amide bonds. The number of hydrogen-bond donors (Lipinski definition) is 1. The van der Waals surface area contributed by atoms with E-state index in [-0.39, 0.29) is 31.1 Å². The predicted octanol–water partition coefficient (Wildman–Crippen LogP) is -0.684. The van der Waals surface area contributed by atoms with Crippen molar-refractivity contribution in [2.75, 3.05) is 26.2 Å². The second-order valence-electron chi connectivity index (χ2n) is 6.06. The van der Waals surface area contributed by atoms with Gasteiger partial charge in [0, 0.05) is 25.2 Å². The van der Waals surface area contributed by atoms with E-state index in [9.17, 15) is 19.2 Å². The van der Waals surface area contributed by atoms with Gasteiger partial charge in [-0.05, 0) is 25.8 Å². The highest BCUT2D eigenvalue weighted by Gasteiger charge is 2.46. The van der Waals surface area contributed by atoms with E-state index in [1.54, 1.807) is 4.90 Å². The fourth-order valence-corrected chi connectivity index (χ4v) is 3.59. The second-order valence-corrected chi connectivity index (χ2v) is 6.06. The first kappa shape index (κ1) is 15.7. The summed E-state index contributed by atoms with van der Waals surface area (Å²) >= 11 is 0. The highest BCUT2D eigenvalue weighted by Crippen LogP contribution is 2.28. The van der Waals surface area contributed by atoms with Crippen LogP contribution in [0, 0.1) is 0 Å². The third kappa shape index (κ3) is 2.63. The zero-order valence-electron chi connectivity index (χ0n) is 12.9. The van der Waals surface area contributed by atoms with Crippen LogP contribution >= 0.6 is 0 Å². The fourth-order valence-electron chi connectivity index (χ4n) is 3.59. The van der Waals surface area contributed by atoms with E-state index in [0.29, 0.717) is 0 Å². The van der Waals surface area contributed by atoms with Gasteiger partial charge in [-0.25, -0.2) is 9.69 Å². The van der Waals surface area contributed by atoms with Gasteiger partial charge in [-0.1, -0.05) is 6.08 Å². The lowest BCUT2D eigenvalue weighted by Gasteiger charge is -2.29. The van der Waals surface area contributed by atoms with Gasteiger partial charge in [0.05, 0.1) is 0 Å². The van der Waals surface area contributed by atoms with Gasteiger partial charge in [0.25, 0.3) is 0 Å². The van der Waals surface area contributed by atoms with E-state index in [2.05, 4.69) is 11.9 Å². The zero-order valence-corrected chi connectivity index (χ0v) is 12.9. The number of carbonyl (C=O) groups is 4. The van der Waals surface area contributed by atoms with Crippen molar-refractivity contribution in [3.8, 4) is 0 Å². The molecule has 3 aliphatic heterocycles. The summed E-state index contributed by atoms with van der Waals surface area (Å²) in [5.41, 5.74) is 0. The third-order valence-electron chi connectivity index (χ3n) is 4.68. The molecule has 3 fully saturated rings. The number of urea groups is 1. The third-order valence-corrected chi connectivity index (χ3v) is 4.68. The van der Waals surface area contributed by atoms with E-state index in [4.69, 9.17) is 0 Å². The summed E-state index contributed by atoms with van der Waals surface area (Å²) in [6, 6.07) is -0.494. The molecule has 0 aliphatic carbocycles. The van der Waals surface area contributed by atoms with E-state index in [1.165, 1.54) is 6.08 Å². The van der Waals surface area contributed by atoms with Crippen molar-refractivity contribution in [3.05, 3.63) is 12.7 Å². The molecule has 0 saturated carbocycles. The number of carbonyl (C=O) groups excluding carboxylic acids is 4. The van der Waals surface area contributed by atoms with Crippen molar-refractivity contribution < 1.29 is 19.2 Å². The highest BCUT2D eigenvalue weighted by molar-refractivity contribution is 6.45. The number of nitrogens with zero attached hydrogens (tertiary/aromatic N) is 3. The summed E-state index contributed by atoms with van der Waals surface area (Å²) < 4.78 is 0. The van der Waals surface area contributed by atoms with E-state index < -0.39 is 17.8 Å². The van der Waals surface area contributed by atoms with Gasteiger partial charge in [0.2, 0.25) is 5.91 Å². The van der Waals surface area contributed by atoms with Crippen molar-refractivity contribution in [1.82, 2.24) is 20.0 Å². The van der Waals surface area contributed by atoms with Crippen LogP contribution in [-0.4, -0.2) is 76.7 Å². The van der Waals surface area contributed by atoms with Crippen LogP contribution in [0.5, 0.6) is 0 Å². The molecule has 124 valence electrons. The Morgan fingerprint density at radius 3 is 2.57 bits per heavy atom. The Kier molecular flexibility index (Phi) is 4.16. The van der Waals surface area contributed by atoms with Gasteiger partial charge in [0.1, 0.15) is 6.54 Å². The fraction of sp³-hybridized carbons (Fsp3) is 0.600.